The third-order valence-corrected chi connectivity index (χ3v) is 11.1. The van der Waals surface area contributed by atoms with Gasteiger partial charge in [-0.15, -0.1) is 0 Å². The Kier molecular flexibility index (Phi) is 11.2. The van der Waals surface area contributed by atoms with Crippen LogP contribution in [-0.2, 0) is 5.41 Å². The summed E-state index contributed by atoms with van der Waals surface area (Å²) in [5, 5.41) is 0. The molecular formula is C56H50N2. The maximum absolute atomic E-state index is 2.36. The first-order valence-electron chi connectivity index (χ1n) is 20.2. The van der Waals surface area contributed by atoms with E-state index in [-0.39, 0.29) is 5.41 Å². The standard InChI is InChI=1S/C56H50N2/c1-42-8-26-50(27-9-42)57(51-28-10-43(2)11-29-51)54-34-20-47(21-35-54)17-16-46-18-24-49(25-19-46)56(39-6-5-7-40-56)41-38-48-22-36-55(37-23-48)58(52-30-12-44(3)13-31-52)53-32-14-45(4)15-33-53/h5-39,41H,40H2,1-4H3/b17-16+,41-38+. The molecule has 0 spiro atoms. The van der Waals surface area contributed by atoms with Gasteiger partial charge in [0.15, 0.2) is 0 Å². The molecule has 8 rings (SSSR count). The second-order valence-electron chi connectivity index (χ2n) is 15.5. The van der Waals surface area contributed by atoms with E-state index in [4.69, 9.17) is 0 Å². The van der Waals surface area contributed by atoms with Gasteiger partial charge < -0.3 is 9.80 Å². The Labute approximate surface area is 345 Å². The highest BCUT2D eigenvalue weighted by Gasteiger charge is 2.26. The lowest BCUT2D eigenvalue weighted by Crippen LogP contribution is -2.21. The second-order valence-corrected chi connectivity index (χ2v) is 15.5. The Morgan fingerprint density at radius 2 is 0.672 bits per heavy atom. The predicted octanol–water partition coefficient (Wildman–Crippen LogP) is 15.5. The largest absolute Gasteiger partial charge is 0.311 e. The molecule has 0 heterocycles. The average molecular weight is 751 g/mol. The third kappa shape index (κ3) is 8.73. The molecule has 284 valence electrons. The van der Waals surface area contributed by atoms with Crippen LogP contribution in [0.2, 0.25) is 0 Å². The number of anilines is 6. The van der Waals surface area contributed by atoms with Crippen LogP contribution in [-0.4, -0.2) is 0 Å². The maximum Gasteiger partial charge on any atom is 0.0462 e. The van der Waals surface area contributed by atoms with Gasteiger partial charge in [-0.1, -0.05) is 168 Å². The summed E-state index contributed by atoms with van der Waals surface area (Å²) in [4.78, 5) is 4.63. The van der Waals surface area contributed by atoms with Gasteiger partial charge in [-0.2, -0.15) is 0 Å². The van der Waals surface area contributed by atoms with Gasteiger partial charge in [0.2, 0.25) is 0 Å². The van der Waals surface area contributed by atoms with Crippen molar-refractivity contribution in [1.82, 2.24) is 0 Å². The summed E-state index contributed by atoms with van der Waals surface area (Å²) in [6, 6.07) is 61.7. The number of rotatable bonds is 11. The zero-order valence-electron chi connectivity index (χ0n) is 33.9. The van der Waals surface area contributed by atoms with Crippen LogP contribution in [0.3, 0.4) is 0 Å². The molecule has 2 heteroatoms. The Hall–Kier alpha value is -6.90. The number of allylic oxidation sites excluding steroid dienone is 5. The normalized spacial score (nSPS) is 15.0. The molecule has 58 heavy (non-hydrogen) atoms. The molecule has 0 aliphatic heterocycles. The van der Waals surface area contributed by atoms with Crippen molar-refractivity contribution in [2.45, 2.75) is 39.5 Å². The number of aryl methyl sites for hydroxylation is 4. The molecule has 1 aliphatic carbocycles. The molecule has 7 aromatic rings. The summed E-state index contributed by atoms with van der Waals surface area (Å²) in [6.45, 7) is 8.52. The van der Waals surface area contributed by atoms with Crippen LogP contribution in [0.15, 0.2) is 200 Å². The summed E-state index contributed by atoms with van der Waals surface area (Å²) >= 11 is 0. The first-order valence-corrected chi connectivity index (χ1v) is 20.2. The first kappa shape index (κ1) is 38.0. The van der Waals surface area contributed by atoms with Gasteiger partial charge in [-0.25, -0.2) is 0 Å². The highest BCUT2D eigenvalue weighted by Crippen LogP contribution is 2.38. The van der Waals surface area contributed by atoms with Crippen LogP contribution in [0.25, 0.3) is 18.2 Å². The quantitative estimate of drug-likeness (QED) is 0.122. The van der Waals surface area contributed by atoms with E-state index >= 15 is 0 Å². The summed E-state index contributed by atoms with van der Waals surface area (Å²) in [5.74, 6) is 0. The van der Waals surface area contributed by atoms with Crippen molar-refractivity contribution in [3.05, 3.63) is 245 Å². The van der Waals surface area contributed by atoms with E-state index in [1.54, 1.807) is 0 Å². The molecule has 0 N–H and O–H groups in total. The molecule has 0 saturated heterocycles. The van der Waals surface area contributed by atoms with Gasteiger partial charge in [-0.3, -0.25) is 0 Å². The Morgan fingerprint density at radius 1 is 0.362 bits per heavy atom. The van der Waals surface area contributed by atoms with Crippen molar-refractivity contribution in [2.24, 2.45) is 0 Å². The smallest absolute Gasteiger partial charge is 0.0462 e. The second kappa shape index (κ2) is 17.1. The van der Waals surface area contributed by atoms with Crippen LogP contribution in [0.5, 0.6) is 0 Å². The molecule has 1 unspecified atom stereocenters. The minimum absolute atomic E-state index is 0.220. The Bertz CT molecular complexity index is 2460. The lowest BCUT2D eigenvalue weighted by molar-refractivity contribution is 0.678. The highest BCUT2D eigenvalue weighted by atomic mass is 15.1. The van der Waals surface area contributed by atoms with Gasteiger partial charge in [0, 0.05) is 39.5 Å². The molecule has 0 amide bonds. The zero-order valence-corrected chi connectivity index (χ0v) is 33.9. The van der Waals surface area contributed by atoms with Crippen LogP contribution in [0.1, 0.15) is 50.9 Å². The average Bonchev–Trinajstić information content (AvgIpc) is 3.26. The predicted molar refractivity (Wildman–Crippen MR) is 250 cm³/mol. The van der Waals surface area contributed by atoms with Gasteiger partial charge in [0.1, 0.15) is 0 Å². The van der Waals surface area contributed by atoms with Gasteiger partial charge in [0.05, 0.1) is 0 Å². The van der Waals surface area contributed by atoms with E-state index in [2.05, 4.69) is 256 Å². The van der Waals surface area contributed by atoms with Crippen LogP contribution in [0, 0.1) is 27.7 Å². The van der Waals surface area contributed by atoms with Crippen LogP contribution >= 0.6 is 0 Å². The fraction of sp³-hybridized carbons (Fsp3) is 0.107. The highest BCUT2D eigenvalue weighted by molar-refractivity contribution is 5.79. The lowest BCUT2D eigenvalue weighted by atomic mass is 9.75. The zero-order chi connectivity index (χ0) is 39.9. The topological polar surface area (TPSA) is 6.48 Å². The van der Waals surface area contributed by atoms with Crippen molar-refractivity contribution in [3.8, 4) is 0 Å². The van der Waals surface area contributed by atoms with Crippen molar-refractivity contribution < 1.29 is 0 Å². The SMILES string of the molecule is Cc1ccc(N(c2ccc(C)cc2)c2ccc(/C=C/c3ccc(C4(/C=C/c5ccc(N(c6ccc(C)cc6)c6ccc(C)cc6)cc5)C=CC=CC4)cc3)cc2)cc1. The summed E-state index contributed by atoms with van der Waals surface area (Å²) in [7, 11) is 0. The van der Waals surface area contributed by atoms with Crippen molar-refractivity contribution in [3.63, 3.8) is 0 Å². The minimum Gasteiger partial charge on any atom is -0.311 e. The summed E-state index contributed by atoms with van der Waals surface area (Å²) < 4.78 is 0. The van der Waals surface area contributed by atoms with E-state index in [1.165, 1.54) is 38.9 Å². The monoisotopic (exact) mass is 750 g/mol. The van der Waals surface area contributed by atoms with Crippen molar-refractivity contribution in [1.29, 1.82) is 0 Å². The molecular weight excluding hydrogens is 701 g/mol. The van der Waals surface area contributed by atoms with E-state index in [0.29, 0.717) is 0 Å². The van der Waals surface area contributed by atoms with E-state index in [0.717, 1.165) is 46.1 Å². The molecule has 2 nitrogen and oxygen atoms in total. The van der Waals surface area contributed by atoms with Crippen LogP contribution in [0.4, 0.5) is 34.1 Å². The van der Waals surface area contributed by atoms with Crippen LogP contribution < -0.4 is 9.80 Å². The summed E-state index contributed by atoms with van der Waals surface area (Å²) in [6.07, 6.45) is 18.9. The molecule has 7 aromatic carbocycles. The van der Waals surface area contributed by atoms with Gasteiger partial charge in [0.25, 0.3) is 0 Å². The number of nitrogens with zero attached hydrogens (tertiary/aromatic N) is 2. The number of hydrogen-bond acceptors (Lipinski definition) is 2. The maximum atomic E-state index is 2.36. The molecule has 0 bridgehead atoms. The van der Waals surface area contributed by atoms with Gasteiger partial charge >= 0.3 is 0 Å². The van der Waals surface area contributed by atoms with E-state index < -0.39 is 0 Å². The van der Waals surface area contributed by atoms with E-state index in [1.807, 2.05) is 0 Å². The number of hydrogen-bond donors (Lipinski definition) is 0. The first-order chi connectivity index (χ1) is 28.3. The fourth-order valence-electron chi connectivity index (χ4n) is 7.55. The van der Waals surface area contributed by atoms with Gasteiger partial charge in [-0.05, 0) is 129 Å². The number of benzene rings is 7. The third-order valence-electron chi connectivity index (χ3n) is 11.1. The van der Waals surface area contributed by atoms with Crippen molar-refractivity contribution >= 4 is 52.4 Å². The molecule has 1 atom stereocenters. The lowest BCUT2D eigenvalue weighted by Gasteiger charge is -2.29. The molecule has 0 fully saturated rings. The minimum atomic E-state index is -0.220. The van der Waals surface area contributed by atoms with Crippen molar-refractivity contribution in [2.75, 3.05) is 9.80 Å². The molecule has 0 aromatic heterocycles. The molecule has 1 aliphatic rings. The summed E-state index contributed by atoms with van der Waals surface area (Å²) in [5.41, 5.74) is 16.4. The Balaban J connectivity index is 0.989. The Morgan fingerprint density at radius 3 is 1.00 bits per heavy atom. The molecule has 0 saturated carbocycles. The molecule has 0 radical (unpaired) electrons. The fourth-order valence-corrected chi connectivity index (χ4v) is 7.55. The van der Waals surface area contributed by atoms with E-state index in [9.17, 15) is 0 Å².